The summed E-state index contributed by atoms with van der Waals surface area (Å²) in [4.78, 5) is 0. The summed E-state index contributed by atoms with van der Waals surface area (Å²) in [5, 5.41) is 12.8. The third-order valence-corrected chi connectivity index (χ3v) is 13.7. The monoisotopic (exact) mass is 792 g/mol. The van der Waals surface area contributed by atoms with Gasteiger partial charge >= 0.3 is 0 Å². The fourth-order valence-corrected chi connectivity index (χ4v) is 10.8. The van der Waals surface area contributed by atoms with Crippen molar-refractivity contribution in [1.29, 1.82) is 0 Å². The zero-order valence-electron chi connectivity index (χ0n) is 34.5. The number of benzene rings is 9. The van der Waals surface area contributed by atoms with Gasteiger partial charge in [0.05, 0.1) is 0 Å². The molecular weight excluding hydrogens is 749 g/mol. The average molecular weight is 793 g/mol. The molecule has 1 nitrogen and oxygen atoms in total. The predicted molar refractivity (Wildman–Crippen MR) is 263 cm³/mol. The number of ether oxygens (including phenoxy) is 1. The SMILES string of the molecule is C=Cc1ccccc1/C=C\Cc1c2ccccc2c(-c2ccc(-c3ccc([C@@H]4C=CC5=C(C4)C4C=c6ccccc6=CC4O5)c4ccccc34)c3ccccc23)c2ccccc12. The summed E-state index contributed by atoms with van der Waals surface area (Å²) >= 11 is 0. The summed E-state index contributed by atoms with van der Waals surface area (Å²) in [6, 6.07) is 62.6. The number of hydrogen-bond acceptors (Lipinski definition) is 1. The van der Waals surface area contributed by atoms with Gasteiger partial charge < -0.3 is 4.74 Å². The van der Waals surface area contributed by atoms with Gasteiger partial charge in [0.15, 0.2) is 0 Å². The molecule has 0 fully saturated rings. The molecule has 9 aromatic rings. The molecule has 1 aliphatic heterocycles. The van der Waals surface area contributed by atoms with Crippen LogP contribution in [0.3, 0.4) is 0 Å². The van der Waals surface area contributed by atoms with Gasteiger partial charge in [-0.3, -0.25) is 0 Å². The van der Waals surface area contributed by atoms with Gasteiger partial charge in [-0.15, -0.1) is 0 Å². The second kappa shape index (κ2) is 14.9. The molecule has 2 unspecified atom stereocenters. The van der Waals surface area contributed by atoms with Crippen LogP contribution in [0.15, 0.2) is 206 Å². The highest BCUT2D eigenvalue weighted by atomic mass is 16.5. The van der Waals surface area contributed by atoms with Crippen LogP contribution in [0.25, 0.3) is 89.6 Å². The van der Waals surface area contributed by atoms with Crippen molar-refractivity contribution in [2.45, 2.75) is 24.9 Å². The van der Waals surface area contributed by atoms with E-state index < -0.39 is 0 Å². The lowest BCUT2D eigenvalue weighted by atomic mass is 9.78. The molecule has 0 saturated heterocycles. The molecular formula is C61H44O. The van der Waals surface area contributed by atoms with Crippen molar-refractivity contribution >= 4 is 67.4 Å². The van der Waals surface area contributed by atoms with Crippen LogP contribution in [0, 0.1) is 5.92 Å². The average Bonchev–Trinajstić information content (AvgIpc) is 3.69. The van der Waals surface area contributed by atoms with Crippen LogP contribution in [0.1, 0.15) is 34.6 Å². The van der Waals surface area contributed by atoms with Gasteiger partial charge in [0.2, 0.25) is 0 Å². The highest BCUT2D eigenvalue weighted by molar-refractivity contribution is 6.20. The Morgan fingerprint density at radius 1 is 0.516 bits per heavy atom. The summed E-state index contributed by atoms with van der Waals surface area (Å²) in [6.07, 6.45) is 17.7. The molecule has 294 valence electrons. The van der Waals surface area contributed by atoms with Crippen molar-refractivity contribution in [2.24, 2.45) is 5.92 Å². The first-order valence-electron chi connectivity index (χ1n) is 21.9. The molecule has 2 aliphatic carbocycles. The lowest BCUT2D eigenvalue weighted by Gasteiger charge is -2.24. The van der Waals surface area contributed by atoms with Gasteiger partial charge in [-0.1, -0.05) is 207 Å². The van der Waals surface area contributed by atoms with Gasteiger partial charge in [0.25, 0.3) is 0 Å². The Kier molecular flexibility index (Phi) is 8.75. The van der Waals surface area contributed by atoms with Gasteiger partial charge in [-0.25, -0.2) is 0 Å². The first-order valence-corrected chi connectivity index (χ1v) is 21.9. The van der Waals surface area contributed by atoms with Crippen LogP contribution in [0.4, 0.5) is 0 Å². The molecule has 0 radical (unpaired) electrons. The van der Waals surface area contributed by atoms with Crippen molar-refractivity contribution in [3.8, 4) is 22.3 Å². The van der Waals surface area contributed by atoms with E-state index in [-0.39, 0.29) is 17.9 Å². The Morgan fingerprint density at radius 3 is 1.74 bits per heavy atom. The summed E-state index contributed by atoms with van der Waals surface area (Å²) < 4.78 is 6.55. The molecule has 0 saturated carbocycles. The van der Waals surface area contributed by atoms with Gasteiger partial charge in [-0.05, 0) is 129 Å². The maximum absolute atomic E-state index is 6.55. The number of fused-ring (bicyclic) bond motifs is 7. The molecule has 0 aromatic heterocycles. The highest BCUT2D eigenvalue weighted by Gasteiger charge is 2.37. The van der Waals surface area contributed by atoms with Crippen LogP contribution in [-0.4, -0.2) is 6.10 Å². The minimum Gasteiger partial charge on any atom is -0.485 e. The summed E-state index contributed by atoms with van der Waals surface area (Å²) in [6.45, 7) is 4.04. The Bertz CT molecular complexity index is 3480. The fraction of sp³-hybridized carbons (Fsp3) is 0.0820. The van der Waals surface area contributed by atoms with Crippen LogP contribution < -0.4 is 10.4 Å². The maximum Gasteiger partial charge on any atom is 0.128 e. The standard InChI is InChI=1S/C61H44O/c1-2-39-16-3-4-17-40(39)20-15-29-48-49-24-11-13-27-54(49)61(55-28-14-12-25-50(48)55)56-34-33-53(47-23-9-10-26-51(47)56)52-32-31-44(45-21-7-8-22-46(45)52)43-30-35-59-57(37-43)58-36-41-18-5-6-19-42(41)38-60(58)62-59/h2-28,30-36,38,43,58,60H,1,29,37H2/b20-15-/t43-,58?,60?/m1/s1. The zero-order valence-corrected chi connectivity index (χ0v) is 34.5. The molecule has 0 amide bonds. The predicted octanol–water partition coefficient (Wildman–Crippen LogP) is 14.1. The minimum absolute atomic E-state index is 0.0657. The normalized spacial score (nSPS) is 17.8. The van der Waals surface area contributed by atoms with Crippen molar-refractivity contribution in [1.82, 2.24) is 0 Å². The second-order valence-corrected chi connectivity index (χ2v) is 17.0. The van der Waals surface area contributed by atoms with Crippen LogP contribution >= 0.6 is 0 Å². The fourth-order valence-electron chi connectivity index (χ4n) is 10.8. The second-order valence-electron chi connectivity index (χ2n) is 17.0. The van der Waals surface area contributed by atoms with Gasteiger partial charge in [-0.2, -0.15) is 0 Å². The minimum atomic E-state index is 0.0657. The van der Waals surface area contributed by atoms with Crippen molar-refractivity contribution in [3.63, 3.8) is 0 Å². The van der Waals surface area contributed by atoms with E-state index in [1.54, 1.807) is 0 Å². The summed E-state index contributed by atoms with van der Waals surface area (Å²) in [5.74, 6) is 1.60. The number of allylic oxidation sites excluding steroid dienone is 3. The topological polar surface area (TPSA) is 9.23 Å². The molecule has 9 aromatic carbocycles. The van der Waals surface area contributed by atoms with E-state index in [0.717, 1.165) is 24.2 Å². The molecule has 12 rings (SSSR count). The largest absolute Gasteiger partial charge is 0.485 e. The molecule has 0 bridgehead atoms. The molecule has 3 atom stereocenters. The Balaban J connectivity index is 0.951. The summed E-state index contributed by atoms with van der Waals surface area (Å²) in [5.41, 5.74) is 11.5. The maximum atomic E-state index is 6.55. The number of rotatable bonds is 7. The Labute approximate surface area is 362 Å². The highest BCUT2D eigenvalue weighted by Crippen LogP contribution is 2.48. The van der Waals surface area contributed by atoms with Crippen molar-refractivity contribution < 1.29 is 4.74 Å². The molecule has 3 aliphatic rings. The van der Waals surface area contributed by atoms with Crippen molar-refractivity contribution in [2.75, 3.05) is 0 Å². The van der Waals surface area contributed by atoms with E-state index >= 15 is 0 Å². The van der Waals surface area contributed by atoms with E-state index in [0.29, 0.717) is 0 Å². The third kappa shape index (κ3) is 5.91. The Morgan fingerprint density at radius 2 is 1.05 bits per heavy atom. The van der Waals surface area contributed by atoms with Gasteiger partial charge in [0.1, 0.15) is 11.9 Å². The zero-order chi connectivity index (χ0) is 41.1. The molecule has 62 heavy (non-hydrogen) atoms. The smallest absolute Gasteiger partial charge is 0.128 e. The van der Waals surface area contributed by atoms with E-state index in [9.17, 15) is 0 Å². The van der Waals surface area contributed by atoms with E-state index in [4.69, 9.17) is 4.74 Å². The molecule has 0 N–H and O–H groups in total. The number of hydrogen-bond donors (Lipinski definition) is 0. The van der Waals surface area contributed by atoms with E-state index in [1.165, 1.54) is 98.0 Å². The first kappa shape index (κ1) is 36.4. The molecule has 1 heteroatoms. The first-order chi connectivity index (χ1) is 30.7. The lowest BCUT2D eigenvalue weighted by Crippen LogP contribution is -2.34. The van der Waals surface area contributed by atoms with Crippen LogP contribution in [-0.2, 0) is 11.2 Å². The lowest BCUT2D eigenvalue weighted by molar-refractivity contribution is 0.190. The quantitative estimate of drug-likeness (QED) is 0.146. The van der Waals surface area contributed by atoms with Gasteiger partial charge in [0, 0.05) is 11.8 Å². The molecule has 1 heterocycles. The van der Waals surface area contributed by atoms with E-state index in [1.807, 2.05) is 6.08 Å². The Hall–Kier alpha value is -7.48. The van der Waals surface area contributed by atoms with Crippen molar-refractivity contribution in [3.05, 3.63) is 239 Å². The molecule has 0 spiro atoms. The third-order valence-electron chi connectivity index (χ3n) is 13.7. The summed E-state index contributed by atoms with van der Waals surface area (Å²) in [7, 11) is 0. The van der Waals surface area contributed by atoms with Crippen LogP contribution in [0.5, 0.6) is 0 Å². The van der Waals surface area contributed by atoms with E-state index in [2.05, 4.69) is 213 Å². The van der Waals surface area contributed by atoms with Crippen LogP contribution in [0.2, 0.25) is 0 Å².